The minimum Gasteiger partial charge on any atom is -0.495 e. The maximum absolute atomic E-state index is 13.1. The first-order chi connectivity index (χ1) is 15.9. The van der Waals surface area contributed by atoms with Crippen molar-refractivity contribution in [2.75, 3.05) is 55.8 Å². The van der Waals surface area contributed by atoms with E-state index in [1.54, 1.807) is 18.2 Å². The number of ether oxygens (including phenoxy) is 2. The van der Waals surface area contributed by atoms with E-state index < -0.39 is 32.5 Å². The van der Waals surface area contributed by atoms with Crippen LogP contribution in [0.2, 0.25) is 0 Å². The third-order valence-electron chi connectivity index (χ3n) is 5.15. The van der Waals surface area contributed by atoms with Crippen molar-refractivity contribution in [1.29, 1.82) is 0 Å². The number of sulfonamides is 2. The normalized spacial score (nSPS) is 15.1. The lowest BCUT2D eigenvalue weighted by atomic mass is 10.2. The van der Waals surface area contributed by atoms with E-state index in [-0.39, 0.29) is 42.6 Å². The second kappa shape index (κ2) is 10.6. The van der Waals surface area contributed by atoms with Crippen molar-refractivity contribution in [1.82, 2.24) is 4.31 Å². The van der Waals surface area contributed by atoms with Gasteiger partial charge in [0.25, 0.3) is 0 Å². The zero-order chi connectivity index (χ0) is 25.1. The number of anilines is 2. The molecule has 0 unspecified atom stereocenters. The van der Waals surface area contributed by atoms with Gasteiger partial charge in [0.1, 0.15) is 17.2 Å². The Morgan fingerprint density at radius 1 is 1.15 bits per heavy atom. The lowest BCUT2D eigenvalue weighted by molar-refractivity contribution is -0.114. The molecule has 34 heavy (non-hydrogen) atoms. The van der Waals surface area contributed by atoms with Gasteiger partial charge in [-0.3, -0.25) is 9.10 Å². The number of rotatable bonds is 8. The minimum atomic E-state index is -3.89. The van der Waals surface area contributed by atoms with Crippen molar-refractivity contribution in [2.24, 2.45) is 0 Å². The van der Waals surface area contributed by atoms with Crippen molar-refractivity contribution in [3.63, 3.8) is 0 Å². The molecule has 1 N–H and O–H groups in total. The van der Waals surface area contributed by atoms with Crippen molar-refractivity contribution in [2.45, 2.75) is 11.8 Å². The average Bonchev–Trinajstić information content (AvgIpc) is 2.79. The molecular formula is C21H26BrN3O7S2. The van der Waals surface area contributed by atoms with Crippen LogP contribution in [0.15, 0.2) is 45.8 Å². The van der Waals surface area contributed by atoms with Gasteiger partial charge in [-0.25, -0.2) is 16.8 Å². The fourth-order valence-electron chi connectivity index (χ4n) is 3.40. The fraction of sp³-hybridized carbons (Fsp3) is 0.381. The maximum atomic E-state index is 13.1. The SMILES string of the molecule is COc1ccc(NC(=O)CN(c2ccc(Br)c(C)c2)S(C)(=O)=O)cc1S(=O)(=O)N1CCOCC1. The summed E-state index contributed by atoms with van der Waals surface area (Å²) in [5.41, 5.74) is 1.33. The smallest absolute Gasteiger partial charge is 0.246 e. The molecule has 0 saturated carbocycles. The molecule has 0 atom stereocenters. The van der Waals surface area contributed by atoms with E-state index in [0.29, 0.717) is 5.69 Å². The van der Waals surface area contributed by atoms with Crippen molar-refractivity contribution < 1.29 is 31.1 Å². The average molecular weight is 576 g/mol. The second-order valence-corrected chi connectivity index (χ2v) is 12.3. The van der Waals surface area contributed by atoms with Gasteiger partial charge in [0.05, 0.1) is 32.3 Å². The number of aryl methyl sites for hydroxylation is 1. The number of nitrogens with one attached hydrogen (secondary N) is 1. The standard InChI is InChI=1S/C21H26BrN3O7S2/c1-15-12-17(5-6-18(15)22)25(33(3,27)28)14-21(26)23-16-4-7-19(31-2)20(13-16)34(29,30)24-8-10-32-11-9-24/h4-7,12-13H,8-11,14H2,1-3H3,(H,23,26). The van der Waals surface area contributed by atoms with Crippen LogP contribution in [0, 0.1) is 6.92 Å². The number of halogens is 1. The number of amides is 1. The molecule has 2 aromatic rings. The molecule has 0 spiro atoms. The van der Waals surface area contributed by atoms with Gasteiger partial charge in [0, 0.05) is 23.2 Å². The second-order valence-electron chi connectivity index (χ2n) is 7.63. The molecule has 0 bridgehead atoms. The number of carbonyl (C=O) groups excluding carboxylic acids is 1. The number of methoxy groups -OCH3 is 1. The van der Waals surface area contributed by atoms with Gasteiger partial charge in [0.2, 0.25) is 26.0 Å². The quantitative estimate of drug-likeness (QED) is 0.511. The minimum absolute atomic E-state index is 0.0989. The van der Waals surface area contributed by atoms with E-state index in [0.717, 1.165) is 20.6 Å². The Balaban J connectivity index is 1.86. The predicted molar refractivity (Wildman–Crippen MR) is 132 cm³/mol. The lowest BCUT2D eigenvalue weighted by Gasteiger charge is -2.27. The number of hydrogen-bond donors (Lipinski definition) is 1. The molecule has 2 aromatic carbocycles. The Labute approximate surface area is 208 Å². The van der Waals surface area contributed by atoms with E-state index in [2.05, 4.69) is 21.2 Å². The Morgan fingerprint density at radius 3 is 2.41 bits per heavy atom. The first-order valence-corrected chi connectivity index (χ1v) is 14.3. The zero-order valence-electron chi connectivity index (χ0n) is 18.9. The number of hydrogen-bond acceptors (Lipinski definition) is 7. The summed E-state index contributed by atoms with van der Waals surface area (Å²) in [6, 6.07) is 9.17. The van der Waals surface area contributed by atoms with Gasteiger partial charge in [0.15, 0.2) is 0 Å². The molecule has 1 aliphatic rings. The van der Waals surface area contributed by atoms with Gasteiger partial charge in [-0.2, -0.15) is 4.31 Å². The maximum Gasteiger partial charge on any atom is 0.246 e. The monoisotopic (exact) mass is 575 g/mol. The van der Waals surface area contributed by atoms with Crippen LogP contribution in [-0.4, -0.2) is 73.3 Å². The van der Waals surface area contributed by atoms with Crippen LogP contribution in [-0.2, 0) is 29.6 Å². The molecule has 1 aliphatic heterocycles. The van der Waals surface area contributed by atoms with Crippen LogP contribution in [0.25, 0.3) is 0 Å². The van der Waals surface area contributed by atoms with Crippen LogP contribution in [0.3, 0.4) is 0 Å². The summed E-state index contributed by atoms with van der Waals surface area (Å²) in [6.45, 7) is 2.30. The number of benzene rings is 2. The fourth-order valence-corrected chi connectivity index (χ4v) is 6.08. The van der Waals surface area contributed by atoms with E-state index in [4.69, 9.17) is 9.47 Å². The third kappa shape index (κ3) is 6.08. The summed E-state index contributed by atoms with van der Waals surface area (Å²) in [5, 5.41) is 2.59. The van der Waals surface area contributed by atoms with Crippen LogP contribution in [0.1, 0.15) is 5.56 Å². The molecule has 3 rings (SSSR count). The summed E-state index contributed by atoms with van der Waals surface area (Å²) in [6.07, 6.45) is 1.01. The highest BCUT2D eigenvalue weighted by molar-refractivity contribution is 9.10. The summed E-state index contributed by atoms with van der Waals surface area (Å²) >= 11 is 3.37. The molecule has 0 aliphatic carbocycles. The molecule has 0 radical (unpaired) electrons. The first-order valence-electron chi connectivity index (χ1n) is 10.2. The highest BCUT2D eigenvalue weighted by atomic mass is 79.9. The molecule has 1 heterocycles. The van der Waals surface area contributed by atoms with Gasteiger partial charge in [-0.05, 0) is 48.9 Å². The molecule has 10 nitrogen and oxygen atoms in total. The lowest BCUT2D eigenvalue weighted by Crippen LogP contribution is -2.40. The van der Waals surface area contributed by atoms with Crippen LogP contribution in [0.4, 0.5) is 11.4 Å². The van der Waals surface area contributed by atoms with Gasteiger partial charge >= 0.3 is 0 Å². The van der Waals surface area contributed by atoms with E-state index in [1.807, 2.05) is 6.92 Å². The van der Waals surface area contributed by atoms with Crippen molar-refractivity contribution >= 4 is 53.3 Å². The Bertz CT molecular complexity index is 1280. The highest BCUT2D eigenvalue weighted by Gasteiger charge is 2.30. The molecular weight excluding hydrogens is 550 g/mol. The first kappa shape index (κ1) is 26.4. The molecule has 1 fully saturated rings. The van der Waals surface area contributed by atoms with Crippen molar-refractivity contribution in [3.8, 4) is 5.75 Å². The number of carbonyl (C=O) groups is 1. The summed E-state index contributed by atoms with van der Waals surface area (Å²) in [5.74, 6) is -0.501. The number of morpholine rings is 1. The van der Waals surface area contributed by atoms with E-state index in [1.165, 1.54) is 29.6 Å². The van der Waals surface area contributed by atoms with Gasteiger partial charge < -0.3 is 14.8 Å². The Hall–Kier alpha value is -2.19. The predicted octanol–water partition coefficient (Wildman–Crippen LogP) is 2.19. The zero-order valence-corrected chi connectivity index (χ0v) is 22.2. The van der Waals surface area contributed by atoms with Crippen LogP contribution < -0.4 is 14.4 Å². The molecule has 0 aromatic heterocycles. The van der Waals surface area contributed by atoms with Gasteiger partial charge in [-0.1, -0.05) is 15.9 Å². The molecule has 186 valence electrons. The van der Waals surface area contributed by atoms with Crippen molar-refractivity contribution in [3.05, 3.63) is 46.4 Å². The summed E-state index contributed by atoms with van der Waals surface area (Å²) in [7, 11) is -6.31. The molecule has 1 saturated heterocycles. The van der Waals surface area contributed by atoms with E-state index >= 15 is 0 Å². The van der Waals surface area contributed by atoms with Gasteiger partial charge in [-0.15, -0.1) is 0 Å². The third-order valence-corrected chi connectivity index (χ3v) is 9.10. The largest absolute Gasteiger partial charge is 0.495 e. The molecule has 13 heteroatoms. The Kier molecular flexibility index (Phi) is 8.24. The van der Waals surface area contributed by atoms with E-state index in [9.17, 15) is 21.6 Å². The number of nitrogens with zero attached hydrogens (tertiary/aromatic N) is 2. The van der Waals surface area contributed by atoms with Crippen LogP contribution in [0.5, 0.6) is 5.75 Å². The summed E-state index contributed by atoms with van der Waals surface area (Å²) < 4.78 is 64.6. The summed E-state index contributed by atoms with van der Waals surface area (Å²) in [4.78, 5) is 12.7. The highest BCUT2D eigenvalue weighted by Crippen LogP contribution is 2.30. The van der Waals surface area contributed by atoms with Crippen LogP contribution >= 0.6 is 15.9 Å². The Morgan fingerprint density at radius 2 is 1.82 bits per heavy atom. The topological polar surface area (TPSA) is 122 Å². The molecule has 1 amide bonds.